The first-order chi connectivity index (χ1) is 13.9. The highest BCUT2D eigenvalue weighted by molar-refractivity contribution is 6.22. The molecule has 0 saturated heterocycles. The summed E-state index contributed by atoms with van der Waals surface area (Å²) >= 11 is 0. The molecule has 0 atom stereocenters. The van der Waals surface area contributed by atoms with Gasteiger partial charge < -0.3 is 4.74 Å². The van der Waals surface area contributed by atoms with Crippen LogP contribution < -0.4 is 16.0 Å². The van der Waals surface area contributed by atoms with Gasteiger partial charge in [-0.1, -0.05) is 18.2 Å². The zero-order valence-corrected chi connectivity index (χ0v) is 16.2. The molecule has 29 heavy (non-hydrogen) atoms. The van der Waals surface area contributed by atoms with E-state index in [1.54, 1.807) is 56.3 Å². The van der Waals surface area contributed by atoms with Crippen LogP contribution in [-0.4, -0.2) is 33.0 Å². The van der Waals surface area contributed by atoms with Crippen LogP contribution >= 0.6 is 0 Å². The molecule has 1 aromatic heterocycles. The molecule has 8 heteroatoms. The number of fused-ring (bicyclic) bond motifs is 2. The van der Waals surface area contributed by atoms with Gasteiger partial charge in [0.1, 0.15) is 12.4 Å². The van der Waals surface area contributed by atoms with Crippen molar-refractivity contribution in [1.82, 2.24) is 14.0 Å². The lowest BCUT2D eigenvalue weighted by atomic mass is 10.1. The van der Waals surface area contributed by atoms with E-state index < -0.39 is 23.1 Å². The van der Waals surface area contributed by atoms with E-state index >= 15 is 0 Å². The summed E-state index contributed by atoms with van der Waals surface area (Å²) in [4.78, 5) is 52.7. The maximum absolute atomic E-state index is 13.1. The van der Waals surface area contributed by atoms with Gasteiger partial charge in [-0.2, -0.15) is 0 Å². The highest BCUT2D eigenvalue weighted by atomic mass is 16.5. The lowest BCUT2D eigenvalue weighted by Gasteiger charge is -2.20. The number of carbonyl (C=O) groups is 2. The Bertz CT molecular complexity index is 1290. The molecule has 148 valence electrons. The summed E-state index contributed by atoms with van der Waals surface area (Å²) in [5.74, 6) is -0.754. The molecule has 0 unspecified atom stereocenters. The average molecular weight is 393 g/mol. The number of para-hydroxylation sites is 1. The van der Waals surface area contributed by atoms with Gasteiger partial charge in [-0.15, -0.1) is 0 Å². The third-order valence-electron chi connectivity index (χ3n) is 5.06. The van der Waals surface area contributed by atoms with Crippen molar-refractivity contribution in [2.24, 2.45) is 0 Å². The number of ether oxygens (including phenoxy) is 1. The minimum atomic E-state index is -0.577. The van der Waals surface area contributed by atoms with Crippen molar-refractivity contribution >= 4 is 22.7 Å². The van der Waals surface area contributed by atoms with E-state index in [0.717, 1.165) is 9.47 Å². The summed E-state index contributed by atoms with van der Waals surface area (Å²) in [7, 11) is 1.42. The van der Waals surface area contributed by atoms with Gasteiger partial charge in [-0.25, -0.2) is 4.79 Å². The van der Waals surface area contributed by atoms with Crippen LogP contribution in [0.2, 0.25) is 0 Å². The molecule has 2 amide bonds. The SMILES string of the molecule is COc1cccc2c1C(=O)N(Cn1c(=O)n(C(C)C)c(=O)c3ccccc31)C2=O. The van der Waals surface area contributed by atoms with Crippen molar-refractivity contribution in [2.45, 2.75) is 26.6 Å². The summed E-state index contributed by atoms with van der Waals surface area (Å²) in [5.41, 5.74) is -0.213. The first-order valence-electron chi connectivity index (χ1n) is 9.14. The second kappa shape index (κ2) is 6.73. The monoisotopic (exact) mass is 393 g/mol. The minimum absolute atomic E-state index is 0.175. The molecule has 0 fully saturated rings. The minimum Gasteiger partial charge on any atom is -0.496 e. The number of aromatic nitrogens is 2. The molecule has 0 spiro atoms. The van der Waals surface area contributed by atoms with Crippen molar-refractivity contribution in [3.63, 3.8) is 0 Å². The van der Waals surface area contributed by atoms with E-state index in [9.17, 15) is 19.2 Å². The van der Waals surface area contributed by atoms with Crippen LogP contribution in [0, 0.1) is 0 Å². The first-order valence-corrected chi connectivity index (χ1v) is 9.14. The van der Waals surface area contributed by atoms with Gasteiger partial charge in [-0.3, -0.25) is 28.4 Å². The Morgan fingerprint density at radius 3 is 2.34 bits per heavy atom. The number of nitrogens with zero attached hydrogens (tertiary/aromatic N) is 3. The van der Waals surface area contributed by atoms with E-state index in [-0.39, 0.29) is 23.8 Å². The fourth-order valence-electron chi connectivity index (χ4n) is 3.67. The number of rotatable bonds is 4. The molecule has 0 radical (unpaired) electrons. The average Bonchev–Trinajstić information content (AvgIpc) is 2.95. The third kappa shape index (κ3) is 2.67. The summed E-state index contributed by atoms with van der Waals surface area (Å²) in [5, 5.41) is 0.343. The van der Waals surface area contributed by atoms with Crippen LogP contribution in [0.3, 0.4) is 0 Å². The van der Waals surface area contributed by atoms with Crippen molar-refractivity contribution in [2.75, 3.05) is 7.11 Å². The number of imide groups is 1. The topological polar surface area (TPSA) is 90.6 Å². The van der Waals surface area contributed by atoms with Crippen LogP contribution in [0.4, 0.5) is 0 Å². The van der Waals surface area contributed by atoms with Crippen LogP contribution in [0.25, 0.3) is 10.9 Å². The van der Waals surface area contributed by atoms with Gasteiger partial charge in [0.25, 0.3) is 17.4 Å². The molecule has 8 nitrogen and oxygen atoms in total. The maximum atomic E-state index is 13.1. The first kappa shape index (κ1) is 18.7. The van der Waals surface area contributed by atoms with Crippen molar-refractivity contribution in [3.05, 3.63) is 74.4 Å². The van der Waals surface area contributed by atoms with Crippen molar-refractivity contribution in [3.8, 4) is 5.75 Å². The standard InChI is InChI=1S/C21H19N3O5/c1-12(2)24-19(26)13-7-4-5-9-15(13)22(21(24)28)11-23-18(25)14-8-6-10-16(29-3)17(14)20(23)27/h4-10,12H,11H2,1-3H3. The van der Waals surface area contributed by atoms with Crippen LogP contribution in [-0.2, 0) is 6.67 Å². The van der Waals surface area contributed by atoms with Gasteiger partial charge in [-0.05, 0) is 38.1 Å². The molecule has 0 bridgehead atoms. The molecule has 2 aromatic carbocycles. The summed E-state index contributed by atoms with van der Waals surface area (Å²) in [6, 6.07) is 11.1. The highest BCUT2D eigenvalue weighted by Gasteiger charge is 2.38. The zero-order valence-electron chi connectivity index (χ0n) is 16.2. The molecule has 0 aliphatic carbocycles. The predicted octanol–water partition coefficient (Wildman–Crippen LogP) is 2.01. The molecular formula is C21H19N3O5. The Balaban J connectivity index is 1.90. The normalized spacial score (nSPS) is 13.4. The third-order valence-corrected chi connectivity index (χ3v) is 5.06. The van der Waals surface area contributed by atoms with E-state index in [4.69, 9.17) is 4.74 Å². The Morgan fingerprint density at radius 2 is 1.66 bits per heavy atom. The van der Waals surface area contributed by atoms with Crippen molar-refractivity contribution in [1.29, 1.82) is 0 Å². The lowest BCUT2D eigenvalue weighted by Crippen LogP contribution is -2.44. The molecule has 1 aliphatic rings. The fourth-order valence-corrected chi connectivity index (χ4v) is 3.67. The van der Waals surface area contributed by atoms with Gasteiger partial charge in [0.2, 0.25) is 0 Å². The van der Waals surface area contributed by atoms with Gasteiger partial charge in [0, 0.05) is 6.04 Å². The number of methoxy groups -OCH3 is 1. The number of hydrogen-bond donors (Lipinski definition) is 0. The lowest BCUT2D eigenvalue weighted by molar-refractivity contribution is 0.0604. The molecule has 0 saturated carbocycles. The second-order valence-electron chi connectivity index (χ2n) is 7.06. The van der Waals surface area contributed by atoms with E-state index in [2.05, 4.69) is 0 Å². The van der Waals surface area contributed by atoms with Gasteiger partial charge in [0.05, 0.1) is 29.1 Å². The van der Waals surface area contributed by atoms with Crippen LogP contribution in [0.5, 0.6) is 5.75 Å². The van der Waals surface area contributed by atoms with Crippen LogP contribution in [0.1, 0.15) is 40.6 Å². The van der Waals surface area contributed by atoms with Crippen LogP contribution in [0.15, 0.2) is 52.1 Å². The number of hydrogen-bond acceptors (Lipinski definition) is 5. The van der Waals surface area contributed by atoms with E-state index in [0.29, 0.717) is 16.7 Å². The Labute approximate surface area is 165 Å². The smallest absolute Gasteiger partial charge is 0.333 e. The number of benzene rings is 2. The van der Waals surface area contributed by atoms with Gasteiger partial charge in [0.15, 0.2) is 0 Å². The quantitative estimate of drug-likeness (QED) is 0.633. The Kier molecular flexibility index (Phi) is 4.34. The van der Waals surface area contributed by atoms with Crippen molar-refractivity contribution < 1.29 is 14.3 Å². The number of amides is 2. The Morgan fingerprint density at radius 1 is 0.931 bits per heavy atom. The largest absolute Gasteiger partial charge is 0.496 e. The van der Waals surface area contributed by atoms with Gasteiger partial charge >= 0.3 is 5.69 Å². The summed E-state index contributed by atoms with van der Waals surface area (Å²) in [6.45, 7) is 3.16. The fraction of sp³-hybridized carbons (Fsp3) is 0.238. The molecule has 1 aliphatic heterocycles. The molecule has 3 aromatic rings. The van der Waals surface area contributed by atoms with E-state index in [1.807, 2.05) is 0 Å². The second-order valence-corrected chi connectivity index (χ2v) is 7.06. The summed E-state index contributed by atoms with van der Waals surface area (Å²) in [6.07, 6.45) is 0. The number of carbonyl (C=O) groups excluding carboxylic acids is 2. The maximum Gasteiger partial charge on any atom is 0.333 e. The Hall–Kier alpha value is -3.68. The summed E-state index contributed by atoms with van der Waals surface area (Å²) < 4.78 is 7.63. The molecule has 2 heterocycles. The molecule has 0 N–H and O–H groups in total. The van der Waals surface area contributed by atoms with E-state index in [1.165, 1.54) is 11.7 Å². The predicted molar refractivity (Wildman–Crippen MR) is 106 cm³/mol. The molecular weight excluding hydrogens is 374 g/mol. The molecule has 4 rings (SSSR count). The highest BCUT2D eigenvalue weighted by Crippen LogP contribution is 2.31. The zero-order chi connectivity index (χ0) is 20.9.